The Kier molecular flexibility index (Phi) is 9.10. The van der Waals surface area contributed by atoms with E-state index < -0.39 is 65.2 Å². The van der Waals surface area contributed by atoms with E-state index in [9.17, 15) is 24.3 Å². The number of likely N-dealkylation sites (N-methyl/N-ethyl adjacent to an activating group) is 1. The molecule has 0 amide bonds. The van der Waals surface area contributed by atoms with Crippen molar-refractivity contribution in [3.63, 3.8) is 0 Å². The summed E-state index contributed by atoms with van der Waals surface area (Å²) < 4.78 is 33.4. The number of methoxy groups -OCH3 is 1. The van der Waals surface area contributed by atoms with Crippen molar-refractivity contribution in [2.75, 3.05) is 20.7 Å². The molecule has 0 bridgehead atoms. The van der Waals surface area contributed by atoms with Crippen LogP contribution in [0.3, 0.4) is 0 Å². The van der Waals surface area contributed by atoms with Crippen LogP contribution in [0.5, 0.6) is 11.5 Å². The molecular formula is C32H43NO11. The summed E-state index contributed by atoms with van der Waals surface area (Å²) in [6, 6.07) is 3.48. The Morgan fingerprint density at radius 2 is 1.84 bits per heavy atom. The number of aliphatic hydroxyl groups is 1. The highest BCUT2D eigenvalue weighted by Gasteiger charge is 2.69. The summed E-state index contributed by atoms with van der Waals surface area (Å²) in [7, 11) is 3.50. The molecule has 2 heterocycles. The van der Waals surface area contributed by atoms with Gasteiger partial charge in [0, 0.05) is 24.9 Å². The summed E-state index contributed by atoms with van der Waals surface area (Å²) in [5, 5.41) is 12.4. The minimum Gasteiger partial charge on any atom is -0.493 e. The highest BCUT2D eigenvalue weighted by atomic mass is 16.6. The minimum atomic E-state index is -1.55. The maximum Gasteiger partial charge on any atom is 0.352 e. The molecule has 44 heavy (non-hydrogen) atoms. The van der Waals surface area contributed by atoms with Gasteiger partial charge in [0.05, 0.1) is 24.5 Å². The number of benzene rings is 1. The van der Waals surface area contributed by atoms with Crippen molar-refractivity contribution >= 4 is 23.9 Å². The summed E-state index contributed by atoms with van der Waals surface area (Å²) in [5.74, 6) is -2.35. The van der Waals surface area contributed by atoms with Crippen LogP contribution in [-0.4, -0.2) is 90.1 Å². The van der Waals surface area contributed by atoms with Crippen LogP contribution in [0.15, 0.2) is 24.0 Å². The number of nitrogens with zero attached hydrogens (tertiary/aromatic N) is 1. The van der Waals surface area contributed by atoms with Crippen LogP contribution in [-0.2, 0) is 43.5 Å². The maximum atomic E-state index is 13.3. The third-order valence-electron chi connectivity index (χ3n) is 8.72. The largest absolute Gasteiger partial charge is 0.493 e. The van der Waals surface area contributed by atoms with Crippen LogP contribution in [0.4, 0.5) is 0 Å². The van der Waals surface area contributed by atoms with Gasteiger partial charge in [-0.2, -0.15) is 0 Å². The molecule has 1 saturated heterocycles. The molecule has 6 atom stereocenters. The van der Waals surface area contributed by atoms with E-state index in [0.717, 1.165) is 18.1 Å². The monoisotopic (exact) mass is 617 g/mol. The number of esters is 4. The fourth-order valence-electron chi connectivity index (χ4n) is 6.54. The molecule has 12 nitrogen and oxygen atoms in total. The zero-order valence-corrected chi connectivity index (χ0v) is 26.8. The third-order valence-corrected chi connectivity index (χ3v) is 8.72. The topological polar surface area (TPSA) is 147 Å². The average molecular weight is 618 g/mol. The van der Waals surface area contributed by atoms with Crippen molar-refractivity contribution in [2.24, 2.45) is 0 Å². The van der Waals surface area contributed by atoms with Gasteiger partial charge in [-0.25, -0.2) is 9.59 Å². The van der Waals surface area contributed by atoms with E-state index in [-0.39, 0.29) is 18.2 Å². The van der Waals surface area contributed by atoms with Gasteiger partial charge in [-0.1, -0.05) is 6.07 Å². The number of carbonyl (C=O) groups excluding carboxylic acids is 4. The van der Waals surface area contributed by atoms with Gasteiger partial charge in [-0.05, 0) is 79.3 Å². The predicted octanol–water partition coefficient (Wildman–Crippen LogP) is 2.88. The zero-order chi connectivity index (χ0) is 32.8. The van der Waals surface area contributed by atoms with Crippen LogP contribution >= 0.6 is 0 Å². The first kappa shape index (κ1) is 33.3. The van der Waals surface area contributed by atoms with E-state index >= 15 is 0 Å². The lowest BCUT2D eigenvalue weighted by molar-refractivity contribution is -0.181. The van der Waals surface area contributed by atoms with Gasteiger partial charge in [0.2, 0.25) is 6.10 Å². The summed E-state index contributed by atoms with van der Waals surface area (Å²) in [5.41, 5.74) is -1.34. The number of rotatable bonds is 8. The van der Waals surface area contributed by atoms with E-state index in [2.05, 4.69) is 4.90 Å². The number of hydrogen-bond donors (Lipinski definition) is 1. The second-order valence-electron chi connectivity index (χ2n) is 12.8. The highest BCUT2D eigenvalue weighted by molar-refractivity contribution is 5.86. The Bertz CT molecular complexity index is 1360. The smallest absolute Gasteiger partial charge is 0.352 e. The Balaban J connectivity index is 1.56. The van der Waals surface area contributed by atoms with Crippen molar-refractivity contribution in [3.8, 4) is 11.5 Å². The van der Waals surface area contributed by atoms with Crippen molar-refractivity contribution in [1.29, 1.82) is 0 Å². The first-order valence-electron chi connectivity index (χ1n) is 14.7. The Hall–Kier alpha value is -3.64. The fraction of sp³-hybridized carbons (Fsp3) is 0.625. The molecule has 12 heteroatoms. The van der Waals surface area contributed by atoms with Crippen LogP contribution in [0.2, 0.25) is 0 Å². The number of aryl methyl sites for hydroxylation is 1. The van der Waals surface area contributed by atoms with Crippen molar-refractivity contribution < 1.29 is 52.7 Å². The predicted molar refractivity (Wildman–Crippen MR) is 156 cm³/mol. The lowest BCUT2D eigenvalue weighted by Crippen LogP contribution is -2.71. The highest BCUT2D eigenvalue weighted by Crippen LogP contribution is 2.62. The fourth-order valence-corrected chi connectivity index (χ4v) is 6.54. The van der Waals surface area contributed by atoms with Gasteiger partial charge in [0.25, 0.3) is 0 Å². The molecule has 3 aliphatic rings. The maximum absolute atomic E-state index is 13.3. The van der Waals surface area contributed by atoms with Crippen molar-refractivity contribution in [2.45, 2.75) is 109 Å². The summed E-state index contributed by atoms with van der Waals surface area (Å²) >= 11 is 0. The summed E-state index contributed by atoms with van der Waals surface area (Å²) in [6.45, 7) is 11.9. The Morgan fingerprint density at radius 1 is 1.16 bits per heavy atom. The van der Waals surface area contributed by atoms with Gasteiger partial charge in [0.1, 0.15) is 11.4 Å². The van der Waals surface area contributed by atoms with Gasteiger partial charge < -0.3 is 38.4 Å². The van der Waals surface area contributed by atoms with Gasteiger partial charge in [0.15, 0.2) is 23.7 Å². The van der Waals surface area contributed by atoms with Gasteiger partial charge >= 0.3 is 23.9 Å². The number of piperidine rings is 1. The standard InChI is InChI=1S/C32H43NO11/c1-17-10-11-21(39-9)26-25(17)31-14-15-33(8)19(3)32(31,38)13-12-22(27(31)43-26)42-28(36)18(2)40-24(35)16-23(41-20(4)34)29(37)44-30(5,6)7/h10-12,18-19,23,27,38H,13-16H2,1-9H3/t18-,19+,23-,27-,31-,32+/m0/s1. The Labute approximate surface area is 257 Å². The lowest BCUT2D eigenvalue weighted by Gasteiger charge is -2.58. The van der Waals surface area contributed by atoms with Gasteiger partial charge in [-0.3, -0.25) is 9.59 Å². The van der Waals surface area contributed by atoms with Crippen LogP contribution in [0.1, 0.15) is 71.9 Å². The number of carbonyl (C=O) groups is 4. The molecule has 0 unspecified atom stereocenters. The third kappa shape index (κ3) is 5.89. The molecule has 0 radical (unpaired) electrons. The van der Waals surface area contributed by atoms with E-state index in [1.165, 1.54) is 6.92 Å². The van der Waals surface area contributed by atoms with E-state index in [1.54, 1.807) is 40.0 Å². The quantitative estimate of drug-likeness (QED) is 0.338. The molecule has 0 saturated carbocycles. The SMILES string of the molecule is COc1ccc(C)c2c1O[C@H]1C(OC(=O)[C@H](C)OC(=O)C[C@H](OC(C)=O)C(=O)OC(C)(C)C)=CC[C@@]3(O)[C@@H](C)N(C)CC[C@]213. The molecule has 2 aliphatic heterocycles. The van der Waals surface area contributed by atoms with Gasteiger partial charge in [-0.15, -0.1) is 0 Å². The molecule has 242 valence electrons. The molecule has 1 aliphatic carbocycles. The number of ether oxygens (including phenoxy) is 6. The number of hydrogen-bond acceptors (Lipinski definition) is 12. The first-order valence-corrected chi connectivity index (χ1v) is 14.7. The molecule has 4 rings (SSSR count). The first-order chi connectivity index (χ1) is 20.4. The van der Waals surface area contributed by atoms with E-state index in [4.69, 9.17) is 28.4 Å². The number of fused-ring (bicyclic) bond motifs is 1. The number of likely N-dealkylation sites (tertiary alicyclic amines) is 1. The normalized spacial score (nSPS) is 27.3. The van der Waals surface area contributed by atoms with Crippen LogP contribution < -0.4 is 9.47 Å². The summed E-state index contributed by atoms with van der Waals surface area (Å²) in [4.78, 5) is 52.2. The molecule has 1 fully saturated rings. The lowest BCUT2D eigenvalue weighted by atomic mass is 9.54. The second kappa shape index (κ2) is 12.0. The molecule has 1 aromatic rings. The molecule has 0 aromatic heterocycles. The van der Waals surface area contributed by atoms with Crippen molar-refractivity contribution in [1.82, 2.24) is 4.90 Å². The second-order valence-corrected chi connectivity index (χ2v) is 12.8. The molecular weight excluding hydrogens is 574 g/mol. The van der Waals surface area contributed by atoms with Crippen molar-refractivity contribution in [3.05, 3.63) is 35.1 Å². The average Bonchev–Trinajstić information content (AvgIpc) is 3.28. The molecule has 1 aromatic carbocycles. The minimum absolute atomic E-state index is 0.186. The van der Waals surface area contributed by atoms with E-state index in [0.29, 0.717) is 24.5 Å². The summed E-state index contributed by atoms with van der Waals surface area (Å²) in [6.07, 6.45) is -2.07. The Morgan fingerprint density at radius 3 is 2.45 bits per heavy atom. The molecule has 1 spiro atoms. The van der Waals surface area contributed by atoms with Crippen LogP contribution in [0.25, 0.3) is 0 Å². The van der Waals surface area contributed by atoms with Crippen LogP contribution in [0, 0.1) is 6.92 Å². The molecule has 1 N–H and O–H groups in total. The zero-order valence-electron chi connectivity index (χ0n) is 26.8. The van der Waals surface area contributed by atoms with E-state index in [1.807, 2.05) is 27.0 Å².